The molecule has 2 N–H and O–H groups in total. The van der Waals surface area contributed by atoms with Gasteiger partial charge >= 0.3 is 0 Å². The summed E-state index contributed by atoms with van der Waals surface area (Å²) < 4.78 is 0. The van der Waals surface area contributed by atoms with Crippen molar-refractivity contribution in [2.75, 3.05) is 30.3 Å². The minimum atomic E-state index is 0.319. The molecule has 0 saturated carbocycles. The van der Waals surface area contributed by atoms with Crippen molar-refractivity contribution >= 4 is 23.5 Å². The molecule has 2 saturated heterocycles. The Labute approximate surface area is 102 Å². The van der Waals surface area contributed by atoms with Crippen LogP contribution in [-0.2, 0) is 0 Å². The van der Waals surface area contributed by atoms with Gasteiger partial charge in [0.05, 0.1) is 0 Å². The average Bonchev–Trinajstić information content (AvgIpc) is 2.72. The second kappa shape index (κ2) is 4.86. The first kappa shape index (κ1) is 12.1. The summed E-state index contributed by atoms with van der Waals surface area (Å²) in [7, 11) is 0. The van der Waals surface area contributed by atoms with E-state index in [1.807, 2.05) is 0 Å². The molecule has 0 radical (unpaired) electrons. The highest BCUT2D eigenvalue weighted by atomic mass is 32.2. The Hall–Kier alpha value is 0.620. The maximum absolute atomic E-state index is 6.05. The van der Waals surface area contributed by atoms with Gasteiger partial charge in [-0.2, -0.15) is 23.5 Å². The Balaban J connectivity index is 2.12. The minimum absolute atomic E-state index is 0.319. The van der Waals surface area contributed by atoms with E-state index in [9.17, 15) is 0 Å². The van der Waals surface area contributed by atoms with Crippen molar-refractivity contribution in [3.8, 4) is 0 Å². The lowest BCUT2D eigenvalue weighted by Gasteiger charge is -2.48. The maximum Gasteiger partial charge on any atom is 0.0433 e. The summed E-state index contributed by atoms with van der Waals surface area (Å²) >= 11 is 4.18. The minimum Gasteiger partial charge on any atom is -0.329 e. The zero-order valence-electron chi connectivity index (χ0n) is 9.74. The zero-order chi connectivity index (χ0) is 10.9. The molecule has 0 aromatic heterocycles. The third-order valence-electron chi connectivity index (χ3n) is 3.96. The second-order valence-electron chi connectivity index (χ2n) is 4.74. The smallest absolute Gasteiger partial charge is 0.0433 e. The average molecular weight is 246 g/mol. The number of nitrogens with two attached hydrogens (primary N) is 1. The fourth-order valence-corrected chi connectivity index (χ4v) is 5.28. The monoisotopic (exact) mass is 246 g/mol. The van der Waals surface area contributed by atoms with E-state index in [0.29, 0.717) is 11.6 Å². The van der Waals surface area contributed by atoms with Crippen LogP contribution < -0.4 is 5.73 Å². The van der Waals surface area contributed by atoms with E-state index < -0.39 is 0 Å². The van der Waals surface area contributed by atoms with E-state index in [0.717, 1.165) is 11.8 Å². The predicted octanol–water partition coefficient (Wildman–Crippen LogP) is 1.65. The summed E-state index contributed by atoms with van der Waals surface area (Å²) in [5.41, 5.74) is 6.36. The van der Waals surface area contributed by atoms with E-state index in [1.165, 1.54) is 30.2 Å². The van der Waals surface area contributed by atoms with Gasteiger partial charge in [0.25, 0.3) is 0 Å². The van der Waals surface area contributed by atoms with Crippen LogP contribution in [0.5, 0.6) is 0 Å². The van der Waals surface area contributed by atoms with Crippen molar-refractivity contribution in [3.63, 3.8) is 0 Å². The highest BCUT2D eigenvalue weighted by Crippen LogP contribution is 2.38. The zero-order valence-corrected chi connectivity index (χ0v) is 11.4. The highest BCUT2D eigenvalue weighted by Gasteiger charge is 2.43. The van der Waals surface area contributed by atoms with Gasteiger partial charge in [-0.05, 0) is 19.1 Å². The molecule has 0 bridgehead atoms. The first-order valence-electron chi connectivity index (χ1n) is 5.86. The largest absolute Gasteiger partial charge is 0.329 e. The number of hydrogen-bond donors (Lipinski definition) is 1. The molecular formula is C11H22N2S2. The van der Waals surface area contributed by atoms with Crippen molar-refractivity contribution in [2.24, 2.45) is 5.73 Å². The van der Waals surface area contributed by atoms with Gasteiger partial charge in [0.2, 0.25) is 0 Å². The molecule has 2 nitrogen and oxygen atoms in total. The van der Waals surface area contributed by atoms with Crippen LogP contribution in [0.4, 0.5) is 0 Å². The van der Waals surface area contributed by atoms with Crippen LogP contribution in [0, 0.1) is 0 Å². The van der Waals surface area contributed by atoms with Crippen LogP contribution in [0.15, 0.2) is 0 Å². The third kappa shape index (κ3) is 2.19. The van der Waals surface area contributed by atoms with Crippen LogP contribution in [0.3, 0.4) is 0 Å². The van der Waals surface area contributed by atoms with Gasteiger partial charge in [-0.25, -0.2) is 0 Å². The molecule has 4 heteroatoms. The first-order chi connectivity index (χ1) is 7.19. The molecule has 3 unspecified atom stereocenters. The third-order valence-corrected chi connectivity index (χ3v) is 6.53. The van der Waals surface area contributed by atoms with Crippen LogP contribution in [0.25, 0.3) is 0 Å². The van der Waals surface area contributed by atoms with Crippen molar-refractivity contribution in [3.05, 3.63) is 0 Å². The molecule has 2 aliphatic heterocycles. The molecule has 0 aliphatic carbocycles. The molecule has 0 spiro atoms. The Bertz CT molecular complexity index is 217. The number of nitrogens with zero attached hydrogens (tertiary/aromatic N) is 1. The Morgan fingerprint density at radius 1 is 1.40 bits per heavy atom. The number of hydrogen-bond acceptors (Lipinski definition) is 4. The lowest BCUT2D eigenvalue weighted by molar-refractivity contribution is 0.0772. The lowest BCUT2D eigenvalue weighted by atomic mass is 9.94. The lowest BCUT2D eigenvalue weighted by Crippen LogP contribution is -2.61. The Morgan fingerprint density at radius 3 is 2.80 bits per heavy atom. The van der Waals surface area contributed by atoms with Crippen molar-refractivity contribution in [2.45, 2.75) is 37.1 Å². The molecule has 15 heavy (non-hydrogen) atoms. The molecule has 0 aromatic carbocycles. The highest BCUT2D eigenvalue weighted by molar-refractivity contribution is 8.00. The molecular weight excluding hydrogens is 224 g/mol. The van der Waals surface area contributed by atoms with Gasteiger partial charge in [-0.3, -0.25) is 4.90 Å². The van der Waals surface area contributed by atoms with Gasteiger partial charge in [-0.15, -0.1) is 0 Å². The molecule has 3 atom stereocenters. The first-order valence-corrected chi connectivity index (χ1v) is 8.06. The van der Waals surface area contributed by atoms with Gasteiger partial charge in [0, 0.05) is 41.4 Å². The number of thioether (sulfide) groups is 2. The summed E-state index contributed by atoms with van der Waals surface area (Å²) in [5.74, 6) is 3.81. The standard InChI is InChI=1S/C11H22N2S2/c1-9-10(2)15-6-4-13(9)11(7-12)3-5-14-8-11/h9-10H,3-8,12H2,1-2H3. The van der Waals surface area contributed by atoms with E-state index in [4.69, 9.17) is 5.73 Å². The summed E-state index contributed by atoms with van der Waals surface area (Å²) in [6.45, 7) is 6.79. The molecule has 88 valence electrons. The molecule has 2 rings (SSSR count). The summed E-state index contributed by atoms with van der Waals surface area (Å²) in [6, 6.07) is 0.686. The van der Waals surface area contributed by atoms with Crippen LogP contribution in [-0.4, -0.2) is 52.1 Å². The Morgan fingerprint density at radius 2 is 2.20 bits per heavy atom. The molecule has 0 amide bonds. The van der Waals surface area contributed by atoms with Crippen molar-refractivity contribution in [1.82, 2.24) is 4.90 Å². The fraction of sp³-hybridized carbons (Fsp3) is 1.00. The van der Waals surface area contributed by atoms with Crippen LogP contribution in [0.2, 0.25) is 0 Å². The van der Waals surface area contributed by atoms with E-state index in [2.05, 4.69) is 42.3 Å². The molecule has 0 aromatic rings. The summed E-state index contributed by atoms with van der Waals surface area (Å²) in [4.78, 5) is 2.70. The SMILES string of the molecule is CC1SCCN(C2(CN)CCSC2)C1C. The maximum atomic E-state index is 6.05. The van der Waals surface area contributed by atoms with E-state index in [1.54, 1.807) is 0 Å². The van der Waals surface area contributed by atoms with Gasteiger partial charge < -0.3 is 5.73 Å². The van der Waals surface area contributed by atoms with Gasteiger partial charge in [0.1, 0.15) is 0 Å². The predicted molar refractivity (Wildman–Crippen MR) is 71.8 cm³/mol. The van der Waals surface area contributed by atoms with E-state index >= 15 is 0 Å². The second-order valence-corrected chi connectivity index (χ2v) is 7.33. The van der Waals surface area contributed by atoms with Crippen molar-refractivity contribution < 1.29 is 0 Å². The quantitative estimate of drug-likeness (QED) is 0.802. The topological polar surface area (TPSA) is 29.3 Å². The molecule has 2 fully saturated rings. The van der Waals surface area contributed by atoms with Crippen LogP contribution >= 0.6 is 23.5 Å². The van der Waals surface area contributed by atoms with Crippen molar-refractivity contribution in [1.29, 1.82) is 0 Å². The summed E-state index contributed by atoms with van der Waals surface area (Å²) in [6.07, 6.45) is 1.29. The molecule has 2 aliphatic rings. The normalized spacial score (nSPS) is 43.4. The van der Waals surface area contributed by atoms with Gasteiger partial charge in [-0.1, -0.05) is 6.92 Å². The van der Waals surface area contributed by atoms with E-state index in [-0.39, 0.29) is 0 Å². The van der Waals surface area contributed by atoms with Crippen LogP contribution in [0.1, 0.15) is 20.3 Å². The summed E-state index contributed by atoms with van der Waals surface area (Å²) in [5, 5.41) is 0.757. The Kier molecular flexibility index (Phi) is 3.92. The van der Waals surface area contributed by atoms with Gasteiger partial charge in [0.15, 0.2) is 0 Å². The number of rotatable bonds is 2. The molecule has 2 heterocycles. The fourth-order valence-electron chi connectivity index (χ4n) is 2.70.